The van der Waals surface area contributed by atoms with Crippen molar-refractivity contribution in [1.82, 2.24) is 15.2 Å². The van der Waals surface area contributed by atoms with Gasteiger partial charge in [-0.1, -0.05) is 41.6 Å². The summed E-state index contributed by atoms with van der Waals surface area (Å²) in [5.74, 6) is 0.467. The smallest absolute Gasteiger partial charge is 0.237 e. The molecule has 1 amide bonds. The Morgan fingerprint density at radius 2 is 1.92 bits per heavy atom. The number of aromatic hydroxyl groups is 1. The lowest BCUT2D eigenvalue weighted by Gasteiger charge is -2.10. The van der Waals surface area contributed by atoms with Crippen LogP contribution in [0, 0.1) is 6.92 Å². The number of carbonyl (C=O) groups is 1. The molecule has 6 nitrogen and oxygen atoms in total. The number of phenols is 1. The second kappa shape index (κ2) is 7.40. The summed E-state index contributed by atoms with van der Waals surface area (Å²) in [4.78, 5) is 16.6. The number of anilines is 1. The maximum atomic E-state index is 12.3. The highest BCUT2D eigenvalue weighted by Crippen LogP contribution is 2.28. The molecule has 25 heavy (non-hydrogen) atoms. The van der Waals surface area contributed by atoms with E-state index in [1.54, 1.807) is 25.1 Å². The minimum Gasteiger partial charge on any atom is -0.507 e. The van der Waals surface area contributed by atoms with Crippen LogP contribution < -0.4 is 5.32 Å². The van der Waals surface area contributed by atoms with Crippen LogP contribution in [0.25, 0.3) is 11.4 Å². The van der Waals surface area contributed by atoms with E-state index in [4.69, 9.17) is 0 Å². The van der Waals surface area contributed by atoms with Crippen LogP contribution in [0.3, 0.4) is 0 Å². The van der Waals surface area contributed by atoms with Crippen molar-refractivity contribution < 1.29 is 9.90 Å². The standard InChI is InChI=1S/C18H18N4O2S/c1-11-7-9-13(10-8-11)19-17(24)12(2)25-18-20-16(21-22-18)14-5-3-4-6-15(14)23/h3-10,12,23H,1-2H3,(H,19,24)(H,20,21,22)/t12-/m1/s1. The molecule has 7 heteroatoms. The largest absolute Gasteiger partial charge is 0.507 e. The zero-order valence-corrected chi connectivity index (χ0v) is 14.7. The van der Waals surface area contributed by atoms with E-state index < -0.39 is 0 Å². The van der Waals surface area contributed by atoms with Crippen LogP contribution >= 0.6 is 11.8 Å². The van der Waals surface area contributed by atoms with Gasteiger partial charge in [0.15, 0.2) is 5.82 Å². The lowest BCUT2D eigenvalue weighted by Crippen LogP contribution is -2.22. The van der Waals surface area contributed by atoms with Gasteiger partial charge in [0, 0.05) is 5.69 Å². The lowest BCUT2D eigenvalue weighted by atomic mass is 10.2. The number of amides is 1. The van der Waals surface area contributed by atoms with Crippen molar-refractivity contribution in [3.63, 3.8) is 0 Å². The maximum Gasteiger partial charge on any atom is 0.237 e. The fraction of sp³-hybridized carbons (Fsp3) is 0.167. The summed E-state index contributed by atoms with van der Waals surface area (Å²) in [7, 11) is 0. The van der Waals surface area contributed by atoms with Crippen LogP contribution in [-0.4, -0.2) is 31.4 Å². The zero-order chi connectivity index (χ0) is 17.8. The van der Waals surface area contributed by atoms with Crippen molar-refractivity contribution >= 4 is 23.4 Å². The predicted molar refractivity (Wildman–Crippen MR) is 98.6 cm³/mol. The Balaban J connectivity index is 1.65. The Hall–Kier alpha value is -2.80. The van der Waals surface area contributed by atoms with E-state index >= 15 is 0 Å². The van der Waals surface area contributed by atoms with Gasteiger partial charge in [0.1, 0.15) is 5.75 Å². The summed E-state index contributed by atoms with van der Waals surface area (Å²) < 4.78 is 0. The number of carbonyl (C=O) groups excluding carboxylic acids is 1. The SMILES string of the molecule is Cc1ccc(NC(=O)[C@@H](C)Sc2n[nH]c(-c3ccccc3O)n2)cc1. The third-order valence-corrected chi connectivity index (χ3v) is 4.56. The number of hydrogen-bond acceptors (Lipinski definition) is 5. The average molecular weight is 354 g/mol. The monoisotopic (exact) mass is 354 g/mol. The number of H-pyrrole nitrogens is 1. The molecule has 0 radical (unpaired) electrons. The molecule has 0 bridgehead atoms. The van der Waals surface area contributed by atoms with Gasteiger partial charge in [-0.3, -0.25) is 9.89 Å². The summed E-state index contributed by atoms with van der Waals surface area (Å²) in [6, 6.07) is 14.5. The van der Waals surface area contributed by atoms with Crippen LogP contribution in [0.5, 0.6) is 5.75 Å². The summed E-state index contributed by atoms with van der Waals surface area (Å²) in [6.07, 6.45) is 0. The highest BCUT2D eigenvalue weighted by Gasteiger charge is 2.18. The molecule has 3 rings (SSSR count). The Bertz CT molecular complexity index is 877. The van der Waals surface area contributed by atoms with Crippen molar-refractivity contribution in [3.05, 3.63) is 54.1 Å². The van der Waals surface area contributed by atoms with Gasteiger partial charge in [-0.05, 0) is 38.1 Å². The number of phenolic OH excluding ortho intramolecular Hbond substituents is 1. The number of nitrogens with zero attached hydrogens (tertiary/aromatic N) is 2. The molecule has 1 atom stereocenters. The molecule has 0 unspecified atom stereocenters. The van der Waals surface area contributed by atoms with E-state index in [2.05, 4.69) is 20.5 Å². The van der Waals surface area contributed by atoms with Crippen LogP contribution in [0.1, 0.15) is 12.5 Å². The number of aryl methyl sites for hydroxylation is 1. The first kappa shape index (κ1) is 17.0. The van der Waals surface area contributed by atoms with Crippen molar-refractivity contribution in [2.24, 2.45) is 0 Å². The highest BCUT2D eigenvalue weighted by atomic mass is 32.2. The van der Waals surface area contributed by atoms with Crippen LogP contribution in [-0.2, 0) is 4.79 Å². The molecule has 0 aliphatic heterocycles. The Kier molecular flexibility index (Phi) is 5.04. The maximum absolute atomic E-state index is 12.3. The van der Waals surface area contributed by atoms with E-state index in [1.807, 2.05) is 37.3 Å². The van der Waals surface area contributed by atoms with Gasteiger partial charge in [-0.25, -0.2) is 4.98 Å². The average Bonchev–Trinajstić information content (AvgIpc) is 3.05. The van der Waals surface area contributed by atoms with Crippen molar-refractivity contribution in [3.8, 4) is 17.1 Å². The van der Waals surface area contributed by atoms with E-state index in [1.165, 1.54) is 11.8 Å². The number of nitrogens with one attached hydrogen (secondary N) is 2. The summed E-state index contributed by atoms with van der Waals surface area (Å²) >= 11 is 1.25. The number of para-hydroxylation sites is 1. The molecule has 2 aromatic carbocycles. The molecule has 0 saturated carbocycles. The second-order valence-corrected chi connectivity index (χ2v) is 6.91. The van der Waals surface area contributed by atoms with Gasteiger partial charge < -0.3 is 10.4 Å². The van der Waals surface area contributed by atoms with Crippen LogP contribution in [0.4, 0.5) is 5.69 Å². The number of hydrogen-bond donors (Lipinski definition) is 3. The minimum atomic E-state index is -0.366. The molecule has 3 N–H and O–H groups in total. The Morgan fingerprint density at radius 1 is 1.20 bits per heavy atom. The minimum absolute atomic E-state index is 0.122. The van der Waals surface area contributed by atoms with E-state index in [0.29, 0.717) is 16.5 Å². The topological polar surface area (TPSA) is 90.9 Å². The molecule has 128 valence electrons. The second-order valence-electron chi connectivity index (χ2n) is 5.60. The van der Waals surface area contributed by atoms with E-state index in [-0.39, 0.29) is 16.9 Å². The summed E-state index contributed by atoms with van der Waals surface area (Å²) in [6.45, 7) is 3.79. The van der Waals surface area contributed by atoms with Gasteiger partial charge in [-0.15, -0.1) is 5.10 Å². The first-order valence-electron chi connectivity index (χ1n) is 7.78. The quantitative estimate of drug-likeness (QED) is 0.609. The number of rotatable bonds is 5. The fourth-order valence-electron chi connectivity index (χ4n) is 2.19. The van der Waals surface area contributed by atoms with E-state index in [9.17, 15) is 9.90 Å². The van der Waals surface area contributed by atoms with Crippen molar-refractivity contribution in [2.75, 3.05) is 5.32 Å². The van der Waals surface area contributed by atoms with Gasteiger partial charge in [0.05, 0.1) is 10.8 Å². The summed E-state index contributed by atoms with van der Waals surface area (Å²) in [5, 5.41) is 19.7. The first-order valence-corrected chi connectivity index (χ1v) is 8.66. The Labute approximate surface area is 149 Å². The number of thioether (sulfide) groups is 1. The molecule has 1 aromatic heterocycles. The molecular weight excluding hydrogens is 336 g/mol. The Morgan fingerprint density at radius 3 is 2.64 bits per heavy atom. The van der Waals surface area contributed by atoms with Crippen molar-refractivity contribution in [1.29, 1.82) is 0 Å². The number of benzene rings is 2. The molecule has 1 heterocycles. The lowest BCUT2D eigenvalue weighted by molar-refractivity contribution is -0.115. The third-order valence-electron chi connectivity index (χ3n) is 3.59. The molecule has 0 fully saturated rings. The third kappa shape index (κ3) is 4.19. The molecule has 0 saturated heterocycles. The molecular formula is C18H18N4O2S. The van der Waals surface area contributed by atoms with Crippen LogP contribution in [0.15, 0.2) is 53.7 Å². The van der Waals surface area contributed by atoms with Gasteiger partial charge in [0.2, 0.25) is 11.1 Å². The predicted octanol–water partition coefficient (Wildman–Crippen LogP) is 3.61. The normalized spacial score (nSPS) is 11.9. The van der Waals surface area contributed by atoms with Crippen molar-refractivity contribution in [2.45, 2.75) is 24.3 Å². The zero-order valence-electron chi connectivity index (χ0n) is 13.9. The van der Waals surface area contributed by atoms with Gasteiger partial charge in [-0.2, -0.15) is 0 Å². The molecule has 0 aliphatic carbocycles. The summed E-state index contributed by atoms with van der Waals surface area (Å²) in [5.41, 5.74) is 2.46. The highest BCUT2D eigenvalue weighted by molar-refractivity contribution is 8.00. The van der Waals surface area contributed by atoms with E-state index in [0.717, 1.165) is 11.3 Å². The number of aromatic amines is 1. The first-order chi connectivity index (χ1) is 12.0. The molecule has 3 aromatic rings. The molecule has 0 aliphatic rings. The van der Waals surface area contributed by atoms with Gasteiger partial charge >= 0.3 is 0 Å². The van der Waals surface area contributed by atoms with Gasteiger partial charge in [0.25, 0.3) is 0 Å². The number of aromatic nitrogens is 3. The fourth-order valence-corrected chi connectivity index (χ4v) is 2.91. The molecule has 0 spiro atoms. The van der Waals surface area contributed by atoms with Crippen LogP contribution in [0.2, 0.25) is 0 Å².